The molecule has 0 aromatic heterocycles. The van der Waals surface area contributed by atoms with Gasteiger partial charge in [-0.25, -0.2) is 0 Å². The summed E-state index contributed by atoms with van der Waals surface area (Å²) < 4.78 is 48.6. The summed E-state index contributed by atoms with van der Waals surface area (Å²) in [5, 5.41) is -0.209. The van der Waals surface area contributed by atoms with E-state index in [0.717, 1.165) is 12.1 Å². The van der Waals surface area contributed by atoms with Crippen molar-refractivity contribution in [1.29, 1.82) is 0 Å². The molecule has 27 heavy (non-hydrogen) atoms. The van der Waals surface area contributed by atoms with Crippen molar-refractivity contribution in [3.8, 4) is 11.5 Å². The summed E-state index contributed by atoms with van der Waals surface area (Å²) in [5.41, 5.74) is -0.428. The lowest BCUT2D eigenvalue weighted by Crippen LogP contribution is -2.18. The molecule has 2 aromatic carbocycles. The Morgan fingerprint density at radius 2 is 1.70 bits per heavy atom. The lowest BCUT2D eigenvalue weighted by molar-refractivity contribution is -0.140. The molecule has 0 spiro atoms. The SMILES string of the molecule is COC(=O)C(Br)Cc1cc(Oc2c(Cl)cc(C(F)(F)F)cc2Cl)ccc1Cl. The molecule has 1 unspecified atom stereocenters. The number of methoxy groups -OCH3 is 1. The standard InChI is InChI=1S/C17H11BrCl3F3O3/c1-26-16(25)11(18)5-8-4-10(2-3-12(8)19)27-15-13(20)6-9(7-14(15)21)17(22,23)24/h2-4,6-7,11H,5H2,1H3. The van der Waals surface area contributed by atoms with Gasteiger partial charge in [0.2, 0.25) is 0 Å². The zero-order valence-electron chi connectivity index (χ0n) is 13.5. The normalized spacial score (nSPS) is 12.6. The van der Waals surface area contributed by atoms with Crippen LogP contribution in [0.4, 0.5) is 13.2 Å². The minimum Gasteiger partial charge on any atom is -0.468 e. The minimum absolute atomic E-state index is 0.122. The van der Waals surface area contributed by atoms with Gasteiger partial charge in [0, 0.05) is 5.02 Å². The van der Waals surface area contributed by atoms with Gasteiger partial charge in [-0.05, 0) is 42.3 Å². The highest BCUT2D eigenvalue weighted by Gasteiger charge is 2.32. The first-order valence-corrected chi connectivity index (χ1v) is 9.32. The zero-order chi connectivity index (χ0) is 20.4. The predicted molar refractivity (Wildman–Crippen MR) is 101 cm³/mol. The van der Waals surface area contributed by atoms with Gasteiger partial charge in [-0.15, -0.1) is 0 Å². The van der Waals surface area contributed by atoms with Gasteiger partial charge in [0.25, 0.3) is 0 Å². The molecule has 0 radical (unpaired) electrons. The van der Waals surface area contributed by atoms with Gasteiger partial charge in [-0.3, -0.25) is 4.79 Å². The van der Waals surface area contributed by atoms with Crippen LogP contribution < -0.4 is 4.74 Å². The summed E-state index contributed by atoms with van der Waals surface area (Å²) in [7, 11) is 1.26. The van der Waals surface area contributed by atoms with Crippen LogP contribution in [0.25, 0.3) is 0 Å². The first kappa shape index (κ1) is 22.1. The third-order valence-corrected chi connectivity index (χ3v) is 5.05. The fourth-order valence-corrected chi connectivity index (χ4v) is 3.41. The van der Waals surface area contributed by atoms with Crippen LogP contribution in [0.2, 0.25) is 15.1 Å². The maximum atomic E-state index is 12.8. The Bertz CT molecular complexity index is 836. The number of alkyl halides is 4. The van der Waals surface area contributed by atoms with Gasteiger partial charge < -0.3 is 9.47 Å². The Kier molecular flexibility index (Phi) is 7.30. The molecule has 0 saturated carbocycles. The molecule has 146 valence electrons. The largest absolute Gasteiger partial charge is 0.468 e. The van der Waals surface area contributed by atoms with Crippen LogP contribution in [0.3, 0.4) is 0 Å². The molecule has 10 heteroatoms. The van der Waals surface area contributed by atoms with Gasteiger partial charge in [-0.2, -0.15) is 13.2 Å². The van der Waals surface area contributed by atoms with Crippen molar-refractivity contribution >= 4 is 56.7 Å². The summed E-state index contributed by atoms with van der Waals surface area (Å²) >= 11 is 21.1. The number of halogens is 7. The van der Waals surface area contributed by atoms with Crippen molar-refractivity contribution in [1.82, 2.24) is 0 Å². The molecule has 0 aliphatic rings. The maximum Gasteiger partial charge on any atom is 0.416 e. The molecule has 0 bridgehead atoms. The number of benzene rings is 2. The summed E-state index contributed by atoms with van der Waals surface area (Å²) in [6.07, 6.45) is -4.38. The van der Waals surface area contributed by atoms with Crippen molar-refractivity contribution in [2.24, 2.45) is 0 Å². The van der Waals surface area contributed by atoms with Crippen LogP contribution in [0.15, 0.2) is 30.3 Å². The second-order valence-corrected chi connectivity index (χ2v) is 7.64. The van der Waals surface area contributed by atoms with Gasteiger partial charge >= 0.3 is 12.1 Å². The molecule has 3 nitrogen and oxygen atoms in total. The number of hydrogen-bond donors (Lipinski definition) is 0. The Morgan fingerprint density at radius 3 is 2.22 bits per heavy atom. The molecule has 0 heterocycles. The molecule has 0 aliphatic heterocycles. The molecule has 0 saturated heterocycles. The Balaban J connectivity index is 2.31. The van der Waals surface area contributed by atoms with Crippen LogP contribution in [-0.2, 0) is 22.1 Å². The predicted octanol–water partition coefficient (Wildman–Crippen LogP) is 6.94. The summed E-state index contributed by atoms with van der Waals surface area (Å²) in [5.74, 6) is -0.364. The lowest BCUT2D eigenvalue weighted by atomic mass is 10.1. The fourth-order valence-electron chi connectivity index (χ4n) is 2.11. The van der Waals surface area contributed by atoms with Crippen molar-refractivity contribution < 1.29 is 27.4 Å². The highest BCUT2D eigenvalue weighted by atomic mass is 79.9. The van der Waals surface area contributed by atoms with Crippen LogP contribution in [0.5, 0.6) is 11.5 Å². The van der Waals surface area contributed by atoms with Crippen molar-refractivity contribution in [3.63, 3.8) is 0 Å². The minimum atomic E-state index is -4.59. The lowest BCUT2D eigenvalue weighted by Gasteiger charge is -2.15. The van der Waals surface area contributed by atoms with E-state index in [4.69, 9.17) is 39.5 Å². The Morgan fingerprint density at radius 1 is 1.11 bits per heavy atom. The van der Waals surface area contributed by atoms with E-state index in [1.807, 2.05) is 0 Å². The highest BCUT2D eigenvalue weighted by molar-refractivity contribution is 9.10. The van der Waals surface area contributed by atoms with Crippen molar-refractivity contribution in [2.75, 3.05) is 7.11 Å². The van der Waals surface area contributed by atoms with Crippen LogP contribution in [0.1, 0.15) is 11.1 Å². The van der Waals surface area contributed by atoms with Crippen LogP contribution in [0, 0.1) is 0 Å². The summed E-state index contributed by atoms with van der Waals surface area (Å²) in [6.45, 7) is 0. The molecular formula is C17H11BrCl3F3O3. The van der Waals surface area contributed by atoms with Crippen molar-refractivity contribution in [3.05, 3.63) is 56.5 Å². The molecular weight excluding hydrogens is 495 g/mol. The molecule has 1 atom stereocenters. The zero-order valence-corrected chi connectivity index (χ0v) is 17.4. The average Bonchev–Trinajstić information content (AvgIpc) is 2.58. The maximum absolute atomic E-state index is 12.8. The molecule has 2 rings (SSSR count). The van der Waals surface area contributed by atoms with E-state index in [1.165, 1.54) is 25.3 Å². The topological polar surface area (TPSA) is 35.5 Å². The third-order valence-electron chi connectivity index (χ3n) is 3.42. The number of rotatable bonds is 5. The van der Waals surface area contributed by atoms with Gasteiger partial charge in [0.05, 0.1) is 22.7 Å². The van der Waals surface area contributed by atoms with Crippen LogP contribution >= 0.6 is 50.7 Å². The molecule has 0 N–H and O–H groups in total. The average molecular weight is 507 g/mol. The van der Waals surface area contributed by atoms with Crippen molar-refractivity contribution in [2.45, 2.75) is 17.4 Å². The Hall–Kier alpha value is -1.15. The van der Waals surface area contributed by atoms with E-state index in [1.54, 1.807) is 0 Å². The smallest absolute Gasteiger partial charge is 0.416 e. The monoisotopic (exact) mass is 504 g/mol. The van der Waals surface area contributed by atoms with Gasteiger partial charge in [0.1, 0.15) is 10.6 Å². The number of esters is 1. The Labute approximate surface area is 176 Å². The van der Waals surface area contributed by atoms with E-state index >= 15 is 0 Å². The molecule has 0 amide bonds. The van der Waals surface area contributed by atoms with E-state index in [2.05, 4.69) is 20.7 Å². The first-order valence-electron chi connectivity index (χ1n) is 7.27. The van der Waals surface area contributed by atoms with Gasteiger partial charge in [0.15, 0.2) is 5.75 Å². The number of carbonyl (C=O) groups is 1. The van der Waals surface area contributed by atoms with Crippen LogP contribution in [-0.4, -0.2) is 17.9 Å². The van der Waals surface area contributed by atoms with E-state index in [9.17, 15) is 18.0 Å². The number of ether oxygens (including phenoxy) is 2. The second-order valence-electron chi connectivity index (χ2n) is 5.32. The molecule has 0 aliphatic carbocycles. The third kappa shape index (κ3) is 5.67. The quantitative estimate of drug-likeness (QED) is 0.326. The summed E-state index contributed by atoms with van der Waals surface area (Å²) in [6, 6.07) is 6.01. The summed E-state index contributed by atoms with van der Waals surface area (Å²) in [4.78, 5) is 10.9. The second kappa shape index (κ2) is 8.90. The van der Waals surface area contributed by atoms with E-state index in [-0.39, 0.29) is 28.0 Å². The number of hydrogen-bond acceptors (Lipinski definition) is 3. The van der Waals surface area contributed by atoms with E-state index < -0.39 is 22.5 Å². The molecule has 2 aromatic rings. The molecule has 0 fully saturated rings. The van der Waals surface area contributed by atoms with E-state index in [0.29, 0.717) is 10.6 Å². The first-order chi connectivity index (χ1) is 12.5. The fraction of sp³-hybridized carbons (Fsp3) is 0.235. The number of carbonyl (C=O) groups excluding carboxylic acids is 1. The van der Waals surface area contributed by atoms with Gasteiger partial charge in [-0.1, -0.05) is 50.7 Å². The highest BCUT2D eigenvalue weighted by Crippen LogP contribution is 2.42.